The molecule has 0 aliphatic heterocycles. The van der Waals surface area contributed by atoms with E-state index in [4.69, 9.17) is 0 Å². The van der Waals surface area contributed by atoms with Crippen LogP contribution in [0.4, 0.5) is 17.2 Å². The van der Waals surface area contributed by atoms with Crippen molar-refractivity contribution in [3.63, 3.8) is 0 Å². The molecule has 3 N–H and O–H groups in total. The van der Waals surface area contributed by atoms with Gasteiger partial charge in [-0.05, 0) is 43.3 Å². The maximum Gasteiger partial charge on any atom is 0.258 e. The minimum atomic E-state index is -0.0488. The van der Waals surface area contributed by atoms with Crippen molar-refractivity contribution in [2.75, 3.05) is 23.0 Å². The molecule has 0 fully saturated rings. The number of hydrogen-bond acceptors (Lipinski definition) is 5. The van der Waals surface area contributed by atoms with Crippen molar-refractivity contribution in [1.29, 1.82) is 0 Å². The second-order valence-corrected chi connectivity index (χ2v) is 8.13. The van der Waals surface area contributed by atoms with Crippen LogP contribution in [0.2, 0.25) is 0 Å². The summed E-state index contributed by atoms with van der Waals surface area (Å²) in [5, 5.41) is 10.4. The van der Waals surface area contributed by atoms with E-state index in [1.807, 2.05) is 88.5 Å². The predicted molar refractivity (Wildman–Crippen MR) is 149 cm³/mol. The molecule has 0 saturated heterocycles. The van der Waals surface area contributed by atoms with E-state index in [9.17, 15) is 4.79 Å². The average molecular weight is 520 g/mol. The fourth-order valence-electron chi connectivity index (χ4n) is 3.63. The lowest BCUT2D eigenvalue weighted by molar-refractivity contribution is 0.761. The first-order valence-corrected chi connectivity index (χ1v) is 12.1. The van der Waals surface area contributed by atoms with Crippen LogP contribution >= 0.6 is 15.9 Å². The monoisotopic (exact) mass is 519 g/mol. The Labute approximate surface area is 208 Å². The summed E-state index contributed by atoms with van der Waals surface area (Å²) in [4.78, 5) is 17.8. The molecule has 0 unspecified atom stereocenters. The zero-order valence-electron chi connectivity index (χ0n) is 19.9. The molecule has 2 heterocycles. The Bertz CT molecular complexity index is 1350. The number of nitrogens with one attached hydrogen (secondary N) is 3. The molecular weight excluding hydrogens is 490 g/mol. The molecule has 2 aromatic heterocycles. The molecule has 0 aliphatic rings. The number of benzene rings is 2. The van der Waals surface area contributed by atoms with Crippen LogP contribution in [0.25, 0.3) is 22.0 Å². The van der Waals surface area contributed by atoms with E-state index in [0.717, 1.165) is 38.1 Å². The van der Waals surface area contributed by atoms with Gasteiger partial charge in [-0.2, -0.15) is 0 Å². The van der Waals surface area contributed by atoms with E-state index in [1.165, 1.54) is 0 Å². The Morgan fingerprint density at radius 3 is 2.38 bits per heavy atom. The van der Waals surface area contributed by atoms with Crippen molar-refractivity contribution >= 4 is 44.0 Å². The maximum absolute atomic E-state index is 13.4. The Hall–Kier alpha value is -3.58. The Morgan fingerprint density at radius 1 is 1.00 bits per heavy atom. The van der Waals surface area contributed by atoms with E-state index in [1.54, 1.807) is 10.8 Å². The van der Waals surface area contributed by atoms with Gasteiger partial charge in [0.15, 0.2) is 0 Å². The van der Waals surface area contributed by atoms with E-state index < -0.39 is 0 Å². The highest BCUT2D eigenvalue weighted by atomic mass is 79.9. The minimum absolute atomic E-state index is 0.0488. The zero-order valence-corrected chi connectivity index (χ0v) is 21.5. The summed E-state index contributed by atoms with van der Waals surface area (Å²) < 4.78 is 2.61. The third-order valence-electron chi connectivity index (χ3n) is 5.17. The average Bonchev–Trinajstić information content (AvgIpc) is 2.86. The van der Waals surface area contributed by atoms with Crippen molar-refractivity contribution in [3.05, 3.63) is 94.1 Å². The lowest BCUT2D eigenvalue weighted by atomic mass is 10.0. The standard InChI is InChI=1S/C25H24BrN5O.C2H6/c1-4-31-23-14-24(27-3)28-15-17(23)12-21(25(31)32)20-13-19(10-11-22(20)26)30-16(2)29-18-8-6-5-7-9-18;1-2/h5-15,29-30H,2,4H2,1,3H3,(H,27,28);1-2H3. The maximum atomic E-state index is 13.4. The lowest BCUT2D eigenvalue weighted by Gasteiger charge is -2.16. The van der Waals surface area contributed by atoms with Crippen LogP contribution in [0.1, 0.15) is 20.8 Å². The zero-order chi connectivity index (χ0) is 24.7. The molecule has 0 radical (unpaired) electrons. The van der Waals surface area contributed by atoms with Crippen LogP contribution in [-0.4, -0.2) is 16.6 Å². The first kappa shape index (κ1) is 25.1. The van der Waals surface area contributed by atoms with Crippen LogP contribution < -0.4 is 21.5 Å². The van der Waals surface area contributed by atoms with E-state index in [2.05, 4.69) is 43.4 Å². The first-order valence-electron chi connectivity index (χ1n) is 11.3. The number of pyridine rings is 2. The number of nitrogens with zero attached hydrogens (tertiary/aromatic N) is 2. The molecule has 0 aliphatic carbocycles. The number of anilines is 3. The summed E-state index contributed by atoms with van der Waals surface area (Å²) in [5.41, 5.74) is 3.97. The highest BCUT2D eigenvalue weighted by Gasteiger charge is 2.14. The molecular formula is C27H30BrN5O. The third kappa shape index (κ3) is 5.48. The number of aryl methyl sites for hydroxylation is 1. The molecule has 6 nitrogen and oxygen atoms in total. The molecule has 0 amide bonds. The van der Waals surface area contributed by atoms with Crippen LogP contribution in [0.15, 0.2) is 88.5 Å². The second-order valence-electron chi connectivity index (χ2n) is 7.27. The molecule has 0 bridgehead atoms. The van der Waals surface area contributed by atoms with Gasteiger partial charge in [-0.25, -0.2) is 4.98 Å². The van der Waals surface area contributed by atoms with Crippen molar-refractivity contribution in [3.8, 4) is 11.1 Å². The predicted octanol–water partition coefficient (Wildman–Crippen LogP) is 6.91. The minimum Gasteiger partial charge on any atom is -0.373 e. The smallest absolute Gasteiger partial charge is 0.258 e. The molecule has 7 heteroatoms. The topological polar surface area (TPSA) is 71.0 Å². The summed E-state index contributed by atoms with van der Waals surface area (Å²) >= 11 is 3.62. The van der Waals surface area contributed by atoms with Crippen LogP contribution in [0, 0.1) is 0 Å². The summed E-state index contributed by atoms with van der Waals surface area (Å²) in [6.07, 6.45) is 1.79. The summed E-state index contributed by atoms with van der Waals surface area (Å²) in [6, 6.07) is 19.4. The van der Waals surface area contributed by atoms with E-state index >= 15 is 0 Å². The van der Waals surface area contributed by atoms with Crippen LogP contribution in [-0.2, 0) is 6.54 Å². The molecule has 176 valence electrons. The van der Waals surface area contributed by atoms with Gasteiger partial charge in [0, 0.05) is 58.2 Å². The highest BCUT2D eigenvalue weighted by Crippen LogP contribution is 2.31. The number of rotatable bonds is 7. The van der Waals surface area contributed by atoms with Gasteiger partial charge >= 0.3 is 0 Å². The number of hydrogen-bond donors (Lipinski definition) is 3. The number of halogens is 1. The van der Waals surface area contributed by atoms with Crippen LogP contribution in [0.3, 0.4) is 0 Å². The van der Waals surface area contributed by atoms with Gasteiger partial charge in [0.05, 0.1) is 5.52 Å². The van der Waals surface area contributed by atoms with Gasteiger partial charge in [0.2, 0.25) is 0 Å². The van der Waals surface area contributed by atoms with Crippen molar-refractivity contribution < 1.29 is 0 Å². The first-order chi connectivity index (χ1) is 16.5. The molecule has 0 atom stereocenters. The largest absolute Gasteiger partial charge is 0.373 e. The van der Waals surface area contributed by atoms with Gasteiger partial charge in [0.25, 0.3) is 5.56 Å². The Kier molecular flexibility index (Phi) is 8.49. The third-order valence-corrected chi connectivity index (χ3v) is 5.86. The molecule has 0 saturated carbocycles. The molecule has 2 aromatic carbocycles. The number of para-hydroxylation sites is 1. The quantitative estimate of drug-likeness (QED) is 0.247. The van der Waals surface area contributed by atoms with Crippen molar-refractivity contribution in [2.24, 2.45) is 0 Å². The lowest BCUT2D eigenvalue weighted by Crippen LogP contribution is -2.21. The second kappa shape index (κ2) is 11.5. The molecule has 4 aromatic rings. The fourth-order valence-corrected chi connectivity index (χ4v) is 4.09. The van der Waals surface area contributed by atoms with Crippen molar-refractivity contribution in [1.82, 2.24) is 9.55 Å². The summed E-state index contributed by atoms with van der Waals surface area (Å²) in [6.45, 7) is 10.6. The van der Waals surface area contributed by atoms with Crippen molar-refractivity contribution in [2.45, 2.75) is 27.3 Å². The number of fused-ring (bicyclic) bond motifs is 1. The van der Waals surface area contributed by atoms with Gasteiger partial charge in [-0.1, -0.05) is 54.6 Å². The van der Waals surface area contributed by atoms with Gasteiger partial charge < -0.3 is 20.5 Å². The van der Waals surface area contributed by atoms with Gasteiger partial charge in [-0.15, -0.1) is 0 Å². The summed E-state index contributed by atoms with van der Waals surface area (Å²) in [7, 11) is 1.81. The SMILES string of the molecule is C=C(Nc1ccccc1)Nc1ccc(Br)c(-c2cc3cnc(NC)cc3n(CC)c2=O)c1.CC. The van der Waals surface area contributed by atoms with E-state index in [0.29, 0.717) is 17.9 Å². The fraction of sp³-hybridized carbons (Fsp3) is 0.185. The Morgan fingerprint density at radius 2 is 1.71 bits per heavy atom. The van der Waals surface area contributed by atoms with Crippen LogP contribution in [0.5, 0.6) is 0 Å². The number of aromatic nitrogens is 2. The summed E-state index contributed by atoms with van der Waals surface area (Å²) in [5.74, 6) is 1.36. The molecule has 34 heavy (non-hydrogen) atoms. The highest BCUT2D eigenvalue weighted by molar-refractivity contribution is 9.10. The molecule has 4 rings (SSSR count). The van der Waals surface area contributed by atoms with Gasteiger partial charge in [0.1, 0.15) is 11.6 Å². The molecule has 0 spiro atoms. The van der Waals surface area contributed by atoms with E-state index in [-0.39, 0.29) is 5.56 Å². The Balaban J connectivity index is 0.00000158. The normalized spacial score (nSPS) is 10.3. The van der Waals surface area contributed by atoms with Gasteiger partial charge in [-0.3, -0.25) is 4.79 Å².